The first-order valence-corrected chi connectivity index (χ1v) is 7.11. The van der Waals surface area contributed by atoms with E-state index in [0.29, 0.717) is 10.8 Å². The molecule has 1 heterocycles. The van der Waals surface area contributed by atoms with Gasteiger partial charge in [0.15, 0.2) is 0 Å². The minimum atomic E-state index is 0.419. The molecule has 0 aromatic carbocycles. The van der Waals surface area contributed by atoms with Gasteiger partial charge in [-0.3, -0.25) is 0 Å². The molecule has 1 unspecified atom stereocenters. The largest absolute Gasteiger partial charge is 0.313 e. The average Bonchev–Trinajstić information content (AvgIpc) is 2.53. The van der Waals surface area contributed by atoms with E-state index in [1.165, 1.54) is 19.6 Å². The van der Waals surface area contributed by atoms with Crippen LogP contribution in [0.1, 0.15) is 41.5 Å². The first-order valence-electron chi connectivity index (χ1n) is 7.11. The van der Waals surface area contributed by atoms with Crippen LogP contribution in [0.5, 0.6) is 0 Å². The van der Waals surface area contributed by atoms with Gasteiger partial charge < -0.3 is 10.2 Å². The number of piperidine rings is 1. The third-order valence-electron chi connectivity index (χ3n) is 3.84. The van der Waals surface area contributed by atoms with E-state index >= 15 is 0 Å². The van der Waals surface area contributed by atoms with Gasteiger partial charge in [-0.25, -0.2) is 0 Å². The van der Waals surface area contributed by atoms with Crippen molar-refractivity contribution in [1.29, 1.82) is 0 Å². The summed E-state index contributed by atoms with van der Waals surface area (Å²) in [5.74, 6) is 1.89. The molecule has 100 valence electrons. The SMILES string of the molecule is CC(C)(C)CNC1[C@H]2CN(CC(C)(C)C)C[C@@H]12. The second kappa shape index (κ2) is 4.24. The van der Waals surface area contributed by atoms with E-state index in [9.17, 15) is 0 Å². The molecular weight excluding hydrogens is 208 g/mol. The van der Waals surface area contributed by atoms with Crippen molar-refractivity contribution in [3.8, 4) is 0 Å². The minimum Gasteiger partial charge on any atom is -0.313 e. The van der Waals surface area contributed by atoms with Gasteiger partial charge >= 0.3 is 0 Å². The summed E-state index contributed by atoms with van der Waals surface area (Å²) in [4.78, 5) is 2.66. The fourth-order valence-electron chi connectivity index (χ4n) is 3.14. The van der Waals surface area contributed by atoms with Gasteiger partial charge in [0.1, 0.15) is 0 Å². The number of nitrogens with one attached hydrogen (secondary N) is 1. The fourth-order valence-corrected chi connectivity index (χ4v) is 3.14. The smallest absolute Gasteiger partial charge is 0.0156 e. The number of fused-ring (bicyclic) bond motifs is 1. The molecule has 1 aliphatic carbocycles. The first kappa shape index (κ1) is 13.4. The zero-order valence-electron chi connectivity index (χ0n) is 12.5. The maximum atomic E-state index is 3.76. The summed E-state index contributed by atoms with van der Waals surface area (Å²) in [6.45, 7) is 19.0. The Morgan fingerprint density at radius 3 is 1.88 bits per heavy atom. The molecule has 1 N–H and O–H groups in total. The van der Waals surface area contributed by atoms with Crippen molar-refractivity contribution in [1.82, 2.24) is 10.2 Å². The predicted molar refractivity (Wildman–Crippen MR) is 74.1 cm³/mol. The fraction of sp³-hybridized carbons (Fsp3) is 1.00. The number of hydrogen-bond acceptors (Lipinski definition) is 2. The molecule has 2 heteroatoms. The molecule has 0 aromatic heterocycles. The van der Waals surface area contributed by atoms with Crippen LogP contribution in [0, 0.1) is 22.7 Å². The molecule has 0 bridgehead atoms. The van der Waals surface area contributed by atoms with Crippen molar-refractivity contribution < 1.29 is 0 Å². The topological polar surface area (TPSA) is 15.3 Å². The van der Waals surface area contributed by atoms with Crippen LogP contribution < -0.4 is 5.32 Å². The van der Waals surface area contributed by atoms with Crippen molar-refractivity contribution in [2.24, 2.45) is 22.7 Å². The maximum Gasteiger partial charge on any atom is 0.0156 e. The van der Waals surface area contributed by atoms with Crippen molar-refractivity contribution in [3.63, 3.8) is 0 Å². The van der Waals surface area contributed by atoms with E-state index in [4.69, 9.17) is 0 Å². The normalized spacial score (nSPS) is 33.9. The monoisotopic (exact) mass is 238 g/mol. The molecule has 3 atom stereocenters. The Hall–Kier alpha value is -0.0800. The number of likely N-dealkylation sites (tertiary alicyclic amines) is 1. The molecule has 2 nitrogen and oxygen atoms in total. The first-order chi connectivity index (χ1) is 7.66. The molecule has 1 aliphatic heterocycles. The highest BCUT2D eigenvalue weighted by atomic mass is 15.2. The van der Waals surface area contributed by atoms with E-state index in [0.717, 1.165) is 24.4 Å². The van der Waals surface area contributed by atoms with E-state index in [1.54, 1.807) is 0 Å². The number of hydrogen-bond donors (Lipinski definition) is 1. The molecule has 0 spiro atoms. The van der Waals surface area contributed by atoms with Crippen LogP contribution in [0.4, 0.5) is 0 Å². The van der Waals surface area contributed by atoms with Crippen LogP contribution in [0.25, 0.3) is 0 Å². The van der Waals surface area contributed by atoms with Crippen LogP contribution in [-0.4, -0.2) is 37.1 Å². The summed E-state index contributed by atoms with van der Waals surface area (Å²) in [5, 5.41) is 3.76. The summed E-state index contributed by atoms with van der Waals surface area (Å²) >= 11 is 0. The molecule has 0 amide bonds. The molecule has 0 radical (unpaired) electrons. The summed E-state index contributed by atoms with van der Waals surface area (Å²) in [7, 11) is 0. The van der Waals surface area contributed by atoms with Gasteiger partial charge in [-0.2, -0.15) is 0 Å². The van der Waals surface area contributed by atoms with Gasteiger partial charge in [-0.05, 0) is 22.7 Å². The van der Waals surface area contributed by atoms with Crippen LogP contribution in [-0.2, 0) is 0 Å². The van der Waals surface area contributed by atoms with Crippen LogP contribution in [0.3, 0.4) is 0 Å². The lowest BCUT2D eigenvalue weighted by atomic mass is 9.96. The van der Waals surface area contributed by atoms with Gasteiger partial charge in [-0.15, -0.1) is 0 Å². The Kier molecular flexibility index (Phi) is 3.33. The van der Waals surface area contributed by atoms with E-state index in [-0.39, 0.29) is 0 Å². The zero-order valence-corrected chi connectivity index (χ0v) is 12.5. The lowest BCUT2D eigenvalue weighted by molar-refractivity contribution is 0.201. The van der Waals surface area contributed by atoms with E-state index in [2.05, 4.69) is 51.8 Å². The Labute approximate surface area is 107 Å². The van der Waals surface area contributed by atoms with E-state index in [1.807, 2.05) is 0 Å². The van der Waals surface area contributed by atoms with Crippen molar-refractivity contribution in [2.75, 3.05) is 26.2 Å². The highest BCUT2D eigenvalue weighted by molar-refractivity contribution is 5.10. The molecule has 2 rings (SSSR count). The van der Waals surface area contributed by atoms with Gasteiger partial charge in [0.25, 0.3) is 0 Å². The minimum absolute atomic E-state index is 0.419. The van der Waals surface area contributed by atoms with Crippen LogP contribution in [0.2, 0.25) is 0 Å². The summed E-state index contributed by atoms with van der Waals surface area (Å²) in [6, 6.07) is 0.824. The highest BCUT2D eigenvalue weighted by Gasteiger charge is 2.55. The number of rotatable bonds is 3. The lowest BCUT2D eigenvalue weighted by Gasteiger charge is -2.28. The standard InChI is InChI=1S/C15H30N2/c1-14(2,3)9-16-13-11-7-17(8-12(11)13)10-15(4,5)6/h11-13,16H,7-10H2,1-6H3/t11-,12+,13?. The average molecular weight is 238 g/mol. The Balaban J connectivity index is 1.69. The Morgan fingerprint density at radius 1 is 0.941 bits per heavy atom. The van der Waals surface area contributed by atoms with E-state index < -0.39 is 0 Å². The van der Waals surface area contributed by atoms with Crippen molar-refractivity contribution >= 4 is 0 Å². The molecule has 2 aliphatic rings. The van der Waals surface area contributed by atoms with Gasteiger partial charge in [0, 0.05) is 32.2 Å². The van der Waals surface area contributed by atoms with Crippen molar-refractivity contribution in [3.05, 3.63) is 0 Å². The summed E-state index contributed by atoms with van der Waals surface area (Å²) in [6.07, 6.45) is 0. The molecule has 1 saturated carbocycles. The molecule has 0 aromatic rings. The zero-order chi connectivity index (χ0) is 12.8. The van der Waals surface area contributed by atoms with Crippen molar-refractivity contribution in [2.45, 2.75) is 47.6 Å². The third-order valence-corrected chi connectivity index (χ3v) is 3.84. The second-order valence-corrected chi connectivity index (χ2v) is 8.55. The molecule has 2 fully saturated rings. The second-order valence-electron chi connectivity index (χ2n) is 8.55. The quantitative estimate of drug-likeness (QED) is 0.813. The van der Waals surface area contributed by atoms with Gasteiger partial charge in [0.2, 0.25) is 0 Å². The van der Waals surface area contributed by atoms with Crippen LogP contribution >= 0.6 is 0 Å². The van der Waals surface area contributed by atoms with Gasteiger partial charge in [-0.1, -0.05) is 41.5 Å². The number of nitrogens with zero attached hydrogens (tertiary/aromatic N) is 1. The highest BCUT2D eigenvalue weighted by Crippen LogP contribution is 2.46. The summed E-state index contributed by atoms with van der Waals surface area (Å²) in [5.41, 5.74) is 0.868. The lowest BCUT2D eigenvalue weighted by Crippen LogP contribution is -2.38. The summed E-state index contributed by atoms with van der Waals surface area (Å²) < 4.78 is 0. The third kappa shape index (κ3) is 3.69. The Bertz CT molecular complexity index is 260. The molecular formula is C15H30N2. The Morgan fingerprint density at radius 2 is 1.47 bits per heavy atom. The van der Waals surface area contributed by atoms with Crippen LogP contribution in [0.15, 0.2) is 0 Å². The molecule has 17 heavy (non-hydrogen) atoms. The predicted octanol–water partition coefficient (Wildman–Crippen LogP) is 2.60. The van der Waals surface area contributed by atoms with Gasteiger partial charge in [0.05, 0.1) is 0 Å². The maximum absolute atomic E-state index is 3.76. The molecule has 1 saturated heterocycles.